The van der Waals surface area contributed by atoms with Gasteiger partial charge in [-0.05, 0) is 25.1 Å². The van der Waals surface area contributed by atoms with Crippen molar-refractivity contribution in [1.29, 1.82) is 0 Å². The van der Waals surface area contributed by atoms with Crippen molar-refractivity contribution in [2.45, 2.75) is 38.2 Å². The molecular weight excluding hydrogens is 575 g/mol. The number of aryl methyl sites for hydroxylation is 1. The second kappa shape index (κ2) is 11.1. The fraction of sp³-hybridized carbons (Fsp3) is 0.400. The van der Waals surface area contributed by atoms with Crippen LogP contribution in [0.15, 0.2) is 34.8 Å². The number of piperazine rings is 1. The maximum Gasteiger partial charge on any atom is 0.435 e. The topological polar surface area (TPSA) is 102 Å². The highest BCUT2D eigenvalue weighted by atomic mass is 32.1. The summed E-state index contributed by atoms with van der Waals surface area (Å²) in [6, 6.07) is 3.33. The van der Waals surface area contributed by atoms with Crippen LogP contribution < -0.4 is 4.90 Å². The minimum absolute atomic E-state index is 0.0172. The maximum atomic E-state index is 14.2. The van der Waals surface area contributed by atoms with E-state index in [1.807, 2.05) is 0 Å². The number of carbonyl (C=O) groups excluding carboxylic acids is 2. The van der Waals surface area contributed by atoms with Crippen LogP contribution in [0, 0.1) is 18.6 Å². The molecule has 16 heteroatoms. The number of oxime groups is 1. The van der Waals surface area contributed by atoms with Gasteiger partial charge in [0.05, 0.1) is 19.2 Å². The molecule has 5 rings (SSSR count). The van der Waals surface area contributed by atoms with Crippen LogP contribution in [-0.2, 0) is 31.9 Å². The highest BCUT2D eigenvalue weighted by molar-refractivity contribution is 7.14. The molecule has 1 amide bonds. The first-order valence-electron chi connectivity index (χ1n) is 12.3. The molecule has 218 valence electrons. The molecule has 1 saturated heterocycles. The van der Waals surface area contributed by atoms with Crippen molar-refractivity contribution in [3.63, 3.8) is 0 Å². The quantitative estimate of drug-likeness (QED) is 0.315. The van der Waals surface area contributed by atoms with Crippen LogP contribution in [-0.4, -0.2) is 70.0 Å². The van der Waals surface area contributed by atoms with Gasteiger partial charge in [-0.2, -0.15) is 18.3 Å². The Morgan fingerprint density at radius 2 is 1.93 bits per heavy atom. The normalized spacial score (nSPS) is 19.2. The smallest absolute Gasteiger partial charge is 0.435 e. The van der Waals surface area contributed by atoms with Gasteiger partial charge in [0.2, 0.25) is 5.91 Å². The molecule has 2 aliphatic heterocycles. The van der Waals surface area contributed by atoms with Crippen LogP contribution in [0.5, 0.6) is 0 Å². The molecule has 0 radical (unpaired) electrons. The third-order valence-corrected chi connectivity index (χ3v) is 7.68. The molecule has 1 aromatic carbocycles. The molecule has 1 fully saturated rings. The Morgan fingerprint density at radius 1 is 1.20 bits per heavy atom. The second-order valence-corrected chi connectivity index (χ2v) is 10.2. The predicted molar refractivity (Wildman–Crippen MR) is 135 cm³/mol. The number of rotatable bonds is 6. The van der Waals surface area contributed by atoms with Gasteiger partial charge in [-0.25, -0.2) is 18.6 Å². The third-order valence-electron chi connectivity index (χ3n) is 6.78. The Morgan fingerprint density at radius 3 is 2.59 bits per heavy atom. The molecule has 10 nitrogen and oxygen atoms in total. The number of esters is 1. The molecule has 0 aliphatic carbocycles. The van der Waals surface area contributed by atoms with Crippen molar-refractivity contribution in [2.75, 3.05) is 31.6 Å². The van der Waals surface area contributed by atoms with E-state index >= 15 is 0 Å². The number of halogens is 5. The molecule has 2 aromatic heterocycles. The molecule has 0 spiro atoms. The van der Waals surface area contributed by atoms with Crippen molar-refractivity contribution in [1.82, 2.24) is 19.7 Å². The lowest BCUT2D eigenvalue weighted by atomic mass is 10.0. The van der Waals surface area contributed by atoms with Crippen molar-refractivity contribution in [2.24, 2.45) is 5.16 Å². The number of hydrogen-bond acceptors (Lipinski definition) is 9. The number of ether oxygens (including phenoxy) is 1. The van der Waals surface area contributed by atoms with Gasteiger partial charge in [0, 0.05) is 30.6 Å². The Bertz CT molecular complexity index is 1490. The lowest BCUT2D eigenvalue weighted by molar-refractivity contribution is -0.153. The zero-order valence-corrected chi connectivity index (χ0v) is 22.5. The van der Waals surface area contributed by atoms with E-state index in [-0.39, 0.29) is 37.3 Å². The molecule has 3 aromatic rings. The molecule has 2 atom stereocenters. The van der Waals surface area contributed by atoms with Gasteiger partial charge in [-0.1, -0.05) is 11.2 Å². The minimum Gasteiger partial charge on any atom is -0.467 e. The number of amides is 1. The van der Waals surface area contributed by atoms with Gasteiger partial charge >= 0.3 is 12.1 Å². The summed E-state index contributed by atoms with van der Waals surface area (Å²) in [5, 5.41) is 9.65. The number of aromatic nitrogens is 3. The number of carbonyl (C=O) groups is 2. The monoisotopic (exact) mass is 598 g/mol. The largest absolute Gasteiger partial charge is 0.467 e. The van der Waals surface area contributed by atoms with Crippen LogP contribution in [0.2, 0.25) is 0 Å². The first-order chi connectivity index (χ1) is 19.5. The summed E-state index contributed by atoms with van der Waals surface area (Å²) in [6.07, 6.45) is -5.51. The van der Waals surface area contributed by atoms with Crippen LogP contribution in [0.1, 0.15) is 35.2 Å². The van der Waals surface area contributed by atoms with Gasteiger partial charge in [0.15, 0.2) is 16.9 Å². The van der Waals surface area contributed by atoms with Crippen LogP contribution in [0.3, 0.4) is 0 Å². The maximum absolute atomic E-state index is 14.2. The number of anilines is 1. The van der Waals surface area contributed by atoms with E-state index in [0.717, 1.165) is 22.9 Å². The van der Waals surface area contributed by atoms with E-state index in [4.69, 9.17) is 9.57 Å². The second-order valence-electron chi connectivity index (χ2n) is 9.39. The zero-order valence-electron chi connectivity index (χ0n) is 21.7. The standard InChI is InChI=1S/C25H23F5N6O4S/c1-13-8-20(25(28,29)30)32-36(13)11-21(37)35-7-6-34(10-18(35)23(38)39-2)24-31-17(12-41-24)16-9-19(40-33-16)22-14(26)4-3-5-15(22)27/h3-5,8,12,18-19H,6-7,9-11H2,1-2H3. The Balaban J connectivity index is 1.27. The van der Waals surface area contributed by atoms with E-state index in [9.17, 15) is 31.5 Å². The molecule has 0 saturated carbocycles. The Hall–Kier alpha value is -4.08. The summed E-state index contributed by atoms with van der Waals surface area (Å²) in [5.41, 5.74) is -0.353. The summed E-state index contributed by atoms with van der Waals surface area (Å²) in [5.74, 6) is -2.77. The Labute approximate surface area is 233 Å². The van der Waals surface area contributed by atoms with Crippen molar-refractivity contribution in [3.05, 3.63) is 63.9 Å². The summed E-state index contributed by atoms with van der Waals surface area (Å²) >= 11 is 1.24. The number of alkyl halides is 3. The Kier molecular flexibility index (Phi) is 7.68. The van der Waals surface area contributed by atoms with E-state index in [1.54, 1.807) is 10.3 Å². The first kappa shape index (κ1) is 28.4. The van der Waals surface area contributed by atoms with Crippen molar-refractivity contribution >= 4 is 34.1 Å². The highest BCUT2D eigenvalue weighted by Gasteiger charge is 2.39. The average molecular weight is 599 g/mol. The molecule has 2 unspecified atom stereocenters. The van der Waals surface area contributed by atoms with E-state index < -0.39 is 54.1 Å². The van der Waals surface area contributed by atoms with Gasteiger partial charge in [-0.15, -0.1) is 11.3 Å². The SMILES string of the molecule is COC(=O)C1CN(c2nc(C3=NOC(c4c(F)cccc4F)C3)cs2)CCN1C(=O)Cn1nc(C(F)(F)F)cc1C. The summed E-state index contributed by atoms with van der Waals surface area (Å²) in [6.45, 7) is 1.27. The van der Waals surface area contributed by atoms with Crippen molar-refractivity contribution in [3.8, 4) is 0 Å². The number of nitrogens with zero attached hydrogens (tertiary/aromatic N) is 6. The average Bonchev–Trinajstić information content (AvgIpc) is 3.68. The number of methoxy groups -OCH3 is 1. The fourth-order valence-electron chi connectivity index (χ4n) is 4.66. The molecular formula is C25H23F5N6O4S. The van der Waals surface area contributed by atoms with Gasteiger partial charge in [0.1, 0.15) is 35.6 Å². The van der Waals surface area contributed by atoms with Gasteiger partial charge in [-0.3, -0.25) is 9.48 Å². The minimum atomic E-state index is -4.66. The number of benzene rings is 1. The summed E-state index contributed by atoms with van der Waals surface area (Å²) < 4.78 is 73.3. The van der Waals surface area contributed by atoms with Gasteiger partial charge in [0.25, 0.3) is 0 Å². The summed E-state index contributed by atoms with van der Waals surface area (Å²) in [7, 11) is 1.17. The first-order valence-corrected chi connectivity index (χ1v) is 13.2. The molecule has 0 bridgehead atoms. The number of hydrogen-bond donors (Lipinski definition) is 0. The lowest BCUT2D eigenvalue weighted by Crippen LogP contribution is -2.59. The fourth-order valence-corrected chi connectivity index (χ4v) is 5.54. The molecule has 4 heterocycles. The highest BCUT2D eigenvalue weighted by Crippen LogP contribution is 2.34. The number of thiazole rings is 1. The summed E-state index contributed by atoms with van der Waals surface area (Å²) in [4.78, 5) is 38.6. The molecule has 41 heavy (non-hydrogen) atoms. The van der Waals surface area contributed by atoms with Crippen molar-refractivity contribution < 1.29 is 41.1 Å². The van der Waals surface area contributed by atoms with Gasteiger partial charge < -0.3 is 19.4 Å². The van der Waals surface area contributed by atoms with E-state index in [2.05, 4.69) is 15.2 Å². The lowest BCUT2D eigenvalue weighted by Gasteiger charge is -2.39. The van der Waals surface area contributed by atoms with Crippen LogP contribution >= 0.6 is 11.3 Å². The van der Waals surface area contributed by atoms with Crippen LogP contribution in [0.4, 0.5) is 27.1 Å². The van der Waals surface area contributed by atoms with E-state index in [1.165, 1.54) is 36.3 Å². The predicted octanol–water partition coefficient (Wildman–Crippen LogP) is 3.70. The van der Waals surface area contributed by atoms with Crippen LogP contribution in [0.25, 0.3) is 0 Å². The van der Waals surface area contributed by atoms with E-state index in [0.29, 0.717) is 16.5 Å². The third kappa shape index (κ3) is 5.73. The molecule has 0 N–H and O–H groups in total. The zero-order chi connectivity index (χ0) is 29.5. The molecule has 2 aliphatic rings.